The summed E-state index contributed by atoms with van der Waals surface area (Å²) in [6.07, 6.45) is 3.68. The zero-order chi connectivity index (χ0) is 8.77. The third-order valence-electron chi connectivity index (χ3n) is 3.12. The summed E-state index contributed by atoms with van der Waals surface area (Å²) in [4.78, 5) is 7.41. The van der Waals surface area contributed by atoms with Crippen LogP contribution in [0.5, 0.6) is 0 Å². The molecular weight excluding hydrogens is 150 g/mol. The van der Waals surface area contributed by atoms with Crippen molar-refractivity contribution < 1.29 is 0 Å². The zero-order valence-electron chi connectivity index (χ0n) is 7.54. The fraction of sp³-hybridized carbons (Fsp3) is 0.667. The topological polar surface area (TPSA) is 54.7 Å². The molecule has 3 nitrogen and oxygen atoms in total. The predicted octanol–water partition coefficient (Wildman–Crippen LogP) is 1.11. The van der Waals surface area contributed by atoms with E-state index in [1.165, 1.54) is 0 Å². The fourth-order valence-electron chi connectivity index (χ4n) is 2.17. The van der Waals surface area contributed by atoms with Gasteiger partial charge in [-0.1, -0.05) is 13.8 Å². The summed E-state index contributed by atoms with van der Waals surface area (Å²) in [5.41, 5.74) is 6.00. The van der Waals surface area contributed by atoms with Crippen molar-refractivity contribution in [2.24, 2.45) is 17.1 Å². The van der Waals surface area contributed by atoms with Gasteiger partial charge in [-0.25, -0.2) is 4.98 Å². The summed E-state index contributed by atoms with van der Waals surface area (Å²) in [5, 5.41) is 0. The molecule has 2 unspecified atom stereocenters. The first-order chi connectivity index (χ1) is 5.68. The quantitative estimate of drug-likeness (QED) is 0.689. The molecule has 0 amide bonds. The maximum atomic E-state index is 5.66. The van der Waals surface area contributed by atoms with Gasteiger partial charge in [-0.3, -0.25) is 0 Å². The first-order valence-corrected chi connectivity index (χ1v) is 4.37. The molecule has 1 heterocycles. The second-order valence-corrected chi connectivity index (χ2v) is 4.12. The number of nitrogens with zero attached hydrogens (tertiary/aromatic N) is 1. The molecule has 1 aromatic heterocycles. The number of rotatable bonds is 2. The molecule has 0 saturated heterocycles. The van der Waals surface area contributed by atoms with E-state index in [2.05, 4.69) is 23.8 Å². The zero-order valence-corrected chi connectivity index (χ0v) is 7.54. The van der Waals surface area contributed by atoms with Crippen molar-refractivity contribution in [3.63, 3.8) is 0 Å². The van der Waals surface area contributed by atoms with Crippen molar-refractivity contribution in [1.82, 2.24) is 9.97 Å². The largest absolute Gasteiger partial charge is 0.348 e. The van der Waals surface area contributed by atoms with Gasteiger partial charge in [0.05, 0.1) is 0 Å². The standard InChI is InChI=1S/C9H15N3/c1-9(2)6(5-10)7(9)8-11-3-4-12-8/h3-4,6-7H,5,10H2,1-2H3,(H,11,12). The smallest absolute Gasteiger partial charge is 0.110 e. The molecule has 0 aliphatic heterocycles. The van der Waals surface area contributed by atoms with Crippen molar-refractivity contribution in [2.45, 2.75) is 19.8 Å². The minimum Gasteiger partial charge on any atom is -0.348 e. The molecule has 0 spiro atoms. The van der Waals surface area contributed by atoms with Crippen LogP contribution in [-0.4, -0.2) is 16.5 Å². The Labute approximate surface area is 72.4 Å². The lowest BCUT2D eigenvalue weighted by Gasteiger charge is -1.98. The van der Waals surface area contributed by atoms with Crippen LogP contribution in [0.25, 0.3) is 0 Å². The summed E-state index contributed by atoms with van der Waals surface area (Å²) >= 11 is 0. The molecule has 0 aromatic carbocycles. The molecule has 2 rings (SSSR count). The van der Waals surface area contributed by atoms with Gasteiger partial charge < -0.3 is 10.7 Å². The van der Waals surface area contributed by atoms with E-state index in [-0.39, 0.29) is 0 Å². The van der Waals surface area contributed by atoms with E-state index in [0.29, 0.717) is 17.3 Å². The van der Waals surface area contributed by atoms with E-state index >= 15 is 0 Å². The van der Waals surface area contributed by atoms with Gasteiger partial charge in [0.1, 0.15) is 5.82 Å². The van der Waals surface area contributed by atoms with Crippen molar-refractivity contribution in [3.05, 3.63) is 18.2 Å². The molecule has 1 aromatic rings. The maximum Gasteiger partial charge on any atom is 0.110 e. The van der Waals surface area contributed by atoms with Crippen molar-refractivity contribution in [3.8, 4) is 0 Å². The fourth-order valence-corrected chi connectivity index (χ4v) is 2.17. The summed E-state index contributed by atoms with van der Waals surface area (Å²) in [6.45, 7) is 5.26. The highest BCUT2D eigenvalue weighted by Crippen LogP contribution is 2.62. The van der Waals surface area contributed by atoms with Crippen LogP contribution in [0.2, 0.25) is 0 Å². The number of nitrogens with two attached hydrogens (primary N) is 1. The van der Waals surface area contributed by atoms with Gasteiger partial charge in [-0.15, -0.1) is 0 Å². The number of imidazole rings is 1. The molecule has 1 aliphatic carbocycles. The molecule has 0 radical (unpaired) electrons. The van der Waals surface area contributed by atoms with Crippen LogP contribution in [0.3, 0.4) is 0 Å². The molecule has 2 atom stereocenters. The van der Waals surface area contributed by atoms with Crippen LogP contribution in [0, 0.1) is 11.3 Å². The van der Waals surface area contributed by atoms with Gasteiger partial charge in [-0.05, 0) is 17.9 Å². The third-order valence-corrected chi connectivity index (χ3v) is 3.12. The lowest BCUT2D eigenvalue weighted by Crippen LogP contribution is -2.05. The van der Waals surface area contributed by atoms with Crippen LogP contribution in [-0.2, 0) is 0 Å². The Balaban J connectivity index is 2.19. The van der Waals surface area contributed by atoms with Gasteiger partial charge in [0.15, 0.2) is 0 Å². The Bertz CT molecular complexity index is 263. The highest BCUT2D eigenvalue weighted by atomic mass is 14.9. The van der Waals surface area contributed by atoms with Crippen LogP contribution in [0.15, 0.2) is 12.4 Å². The van der Waals surface area contributed by atoms with Gasteiger partial charge in [0.2, 0.25) is 0 Å². The molecule has 0 bridgehead atoms. The summed E-state index contributed by atoms with van der Waals surface area (Å²) in [7, 11) is 0. The Morgan fingerprint density at radius 3 is 2.83 bits per heavy atom. The normalized spacial score (nSPS) is 31.9. The molecule has 3 N–H and O–H groups in total. The monoisotopic (exact) mass is 165 g/mol. The number of aromatic amines is 1. The Morgan fingerprint density at radius 1 is 1.67 bits per heavy atom. The van der Waals surface area contributed by atoms with Gasteiger partial charge in [0, 0.05) is 18.3 Å². The van der Waals surface area contributed by atoms with E-state index in [9.17, 15) is 0 Å². The third kappa shape index (κ3) is 0.894. The number of aromatic nitrogens is 2. The van der Waals surface area contributed by atoms with Crippen LogP contribution < -0.4 is 5.73 Å². The first-order valence-electron chi connectivity index (χ1n) is 4.37. The van der Waals surface area contributed by atoms with E-state index in [0.717, 1.165) is 12.4 Å². The number of hydrogen-bond donors (Lipinski definition) is 2. The van der Waals surface area contributed by atoms with E-state index in [1.807, 2.05) is 6.20 Å². The second kappa shape index (κ2) is 2.33. The molecule has 1 fully saturated rings. The Morgan fingerprint density at radius 2 is 2.42 bits per heavy atom. The SMILES string of the molecule is CC1(C)C(CN)C1c1ncc[nH]1. The van der Waals surface area contributed by atoms with Gasteiger partial charge in [-0.2, -0.15) is 0 Å². The van der Waals surface area contributed by atoms with Crippen LogP contribution in [0.1, 0.15) is 25.6 Å². The molecular formula is C9H15N3. The lowest BCUT2D eigenvalue weighted by molar-refractivity contribution is 0.556. The molecule has 1 aliphatic rings. The minimum absolute atomic E-state index is 0.340. The average molecular weight is 165 g/mol. The predicted molar refractivity (Wildman–Crippen MR) is 47.7 cm³/mol. The van der Waals surface area contributed by atoms with Crippen molar-refractivity contribution >= 4 is 0 Å². The van der Waals surface area contributed by atoms with Gasteiger partial charge in [0.25, 0.3) is 0 Å². The highest BCUT2D eigenvalue weighted by Gasteiger charge is 2.58. The van der Waals surface area contributed by atoms with Crippen LogP contribution >= 0.6 is 0 Å². The minimum atomic E-state index is 0.340. The highest BCUT2D eigenvalue weighted by molar-refractivity contribution is 5.21. The van der Waals surface area contributed by atoms with Crippen LogP contribution in [0.4, 0.5) is 0 Å². The Hall–Kier alpha value is -0.830. The molecule has 12 heavy (non-hydrogen) atoms. The van der Waals surface area contributed by atoms with E-state index in [1.54, 1.807) is 6.20 Å². The Kier molecular flexibility index (Phi) is 1.51. The second-order valence-electron chi connectivity index (χ2n) is 4.12. The van der Waals surface area contributed by atoms with Crippen molar-refractivity contribution in [1.29, 1.82) is 0 Å². The lowest BCUT2D eigenvalue weighted by atomic mass is 10.1. The summed E-state index contributed by atoms with van der Waals surface area (Å²) < 4.78 is 0. The number of H-pyrrole nitrogens is 1. The first kappa shape index (κ1) is 7.80. The average Bonchev–Trinajstić information content (AvgIpc) is 2.50. The number of hydrogen-bond acceptors (Lipinski definition) is 2. The molecule has 1 saturated carbocycles. The van der Waals surface area contributed by atoms with E-state index < -0.39 is 0 Å². The van der Waals surface area contributed by atoms with Crippen molar-refractivity contribution in [2.75, 3.05) is 6.54 Å². The summed E-state index contributed by atoms with van der Waals surface area (Å²) in [6, 6.07) is 0. The maximum absolute atomic E-state index is 5.66. The van der Waals surface area contributed by atoms with Gasteiger partial charge >= 0.3 is 0 Å². The number of nitrogens with one attached hydrogen (secondary N) is 1. The summed E-state index contributed by atoms with van der Waals surface area (Å²) in [5.74, 6) is 2.23. The van der Waals surface area contributed by atoms with E-state index in [4.69, 9.17) is 5.73 Å². The molecule has 3 heteroatoms. The molecule has 66 valence electrons.